The van der Waals surface area contributed by atoms with Gasteiger partial charge in [0.2, 0.25) is 0 Å². The molecule has 1 amide bonds. The molecule has 0 saturated carbocycles. The van der Waals surface area contributed by atoms with Gasteiger partial charge in [-0.15, -0.1) is 0 Å². The van der Waals surface area contributed by atoms with Gasteiger partial charge in [-0.2, -0.15) is 5.10 Å². The van der Waals surface area contributed by atoms with Crippen LogP contribution in [-0.2, 0) is 6.54 Å². The molecule has 0 saturated heterocycles. The van der Waals surface area contributed by atoms with E-state index in [1.807, 2.05) is 74.0 Å². The molecule has 0 N–H and O–H groups in total. The molecule has 0 aliphatic rings. The summed E-state index contributed by atoms with van der Waals surface area (Å²) in [6.45, 7) is 6.67. The zero-order chi connectivity index (χ0) is 20.4. The first-order valence-electron chi connectivity index (χ1n) is 9.43. The fraction of sp³-hybridized carbons (Fsp3) is 0.304. The predicted molar refractivity (Wildman–Crippen MR) is 114 cm³/mol. The van der Waals surface area contributed by atoms with E-state index in [-0.39, 0.29) is 5.91 Å². The smallest absolute Gasteiger partial charge is 0.253 e. The zero-order valence-corrected chi connectivity index (χ0v) is 17.5. The van der Waals surface area contributed by atoms with Crippen molar-refractivity contribution in [3.05, 3.63) is 76.6 Å². The van der Waals surface area contributed by atoms with Gasteiger partial charge in [-0.25, -0.2) is 4.68 Å². The molecule has 0 radical (unpaired) electrons. The molecule has 0 aliphatic heterocycles. The number of aromatic nitrogens is 2. The van der Waals surface area contributed by atoms with E-state index in [0.29, 0.717) is 12.1 Å². The van der Waals surface area contributed by atoms with Crippen molar-refractivity contribution in [3.8, 4) is 5.69 Å². The second-order valence-electron chi connectivity index (χ2n) is 7.45. The van der Waals surface area contributed by atoms with Crippen molar-refractivity contribution in [2.45, 2.75) is 27.3 Å². The summed E-state index contributed by atoms with van der Waals surface area (Å²) in [4.78, 5) is 16.6. The van der Waals surface area contributed by atoms with E-state index in [1.165, 1.54) is 5.56 Å². The van der Waals surface area contributed by atoms with Gasteiger partial charge in [-0.1, -0.05) is 18.2 Å². The Bertz CT molecular complexity index is 986. The molecule has 3 rings (SSSR count). The van der Waals surface area contributed by atoms with E-state index >= 15 is 0 Å². The standard InChI is InChI=1S/C23H28N4O/c1-16-9-7-8-10-22(16)27-18(3)21(17(2)24-27)15-26(6)23(28)19-11-13-20(14-12-19)25(4)5/h7-14H,15H2,1-6H3. The number of aryl methyl sites for hydroxylation is 2. The molecule has 0 atom stereocenters. The van der Waals surface area contributed by atoms with Crippen molar-refractivity contribution < 1.29 is 4.79 Å². The number of anilines is 1. The third-order valence-corrected chi connectivity index (χ3v) is 5.16. The van der Waals surface area contributed by atoms with Crippen molar-refractivity contribution in [1.29, 1.82) is 0 Å². The Labute approximate surface area is 167 Å². The lowest BCUT2D eigenvalue weighted by Gasteiger charge is -2.19. The molecule has 2 aromatic carbocycles. The lowest BCUT2D eigenvalue weighted by molar-refractivity contribution is 0.0785. The van der Waals surface area contributed by atoms with Crippen LogP contribution in [0, 0.1) is 20.8 Å². The maximum atomic E-state index is 12.9. The van der Waals surface area contributed by atoms with Crippen LogP contribution in [0.25, 0.3) is 5.69 Å². The normalized spacial score (nSPS) is 10.8. The quantitative estimate of drug-likeness (QED) is 0.672. The number of hydrogen-bond donors (Lipinski definition) is 0. The van der Waals surface area contributed by atoms with E-state index in [1.54, 1.807) is 4.90 Å². The van der Waals surface area contributed by atoms with E-state index < -0.39 is 0 Å². The predicted octanol–water partition coefficient (Wildman–Crippen LogP) is 4.14. The zero-order valence-electron chi connectivity index (χ0n) is 17.5. The number of hydrogen-bond acceptors (Lipinski definition) is 3. The van der Waals surface area contributed by atoms with Crippen molar-refractivity contribution in [1.82, 2.24) is 14.7 Å². The Kier molecular flexibility index (Phi) is 5.54. The molecule has 1 heterocycles. The van der Waals surface area contributed by atoms with Gasteiger partial charge in [0.25, 0.3) is 5.91 Å². The number of carbonyl (C=O) groups excluding carboxylic acids is 1. The van der Waals surface area contributed by atoms with E-state index in [4.69, 9.17) is 5.10 Å². The highest BCUT2D eigenvalue weighted by Crippen LogP contribution is 2.22. The van der Waals surface area contributed by atoms with Crippen molar-refractivity contribution >= 4 is 11.6 Å². The van der Waals surface area contributed by atoms with Gasteiger partial charge in [0.05, 0.1) is 11.4 Å². The summed E-state index contributed by atoms with van der Waals surface area (Å²) >= 11 is 0. The third-order valence-electron chi connectivity index (χ3n) is 5.16. The summed E-state index contributed by atoms with van der Waals surface area (Å²) in [7, 11) is 5.81. The number of amides is 1. The largest absolute Gasteiger partial charge is 0.378 e. The van der Waals surface area contributed by atoms with E-state index in [2.05, 4.69) is 26.0 Å². The summed E-state index contributed by atoms with van der Waals surface area (Å²) < 4.78 is 1.98. The molecule has 3 aromatic rings. The topological polar surface area (TPSA) is 41.4 Å². The molecule has 28 heavy (non-hydrogen) atoms. The Morgan fingerprint density at radius 3 is 2.21 bits per heavy atom. The number of para-hydroxylation sites is 1. The van der Waals surface area contributed by atoms with Crippen LogP contribution >= 0.6 is 0 Å². The highest BCUT2D eigenvalue weighted by Gasteiger charge is 2.19. The maximum absolute atomic E-state index is 12.9. The monoisotopic (exact) mass is 376 g/mol. The van der Waals surface area contributed by atoms with E-state index in [9.17, 15) is 4.79 Å². The van der Waals surface area contributed by atoms with Gasteiger partial charge in [0.15, 0.2) is 0 Å². The molecule has 0 spiro atoms. The van der Waals surface area contributed by atoms with Crippen LogP contribution in [0.15, 0.2) is 48.5 Å². The van der Waals surface area contributed by atoms with Crippen LogP contribution in [0.4, 0.5) is 5.69 Å². The molecular formula is C23H28N4O. The minimum Gasteiger partial charge on any atom is -0.378 e. The number of carbonyl (C=O) groups is 1. The Balaban J connectivity index is 1.83. The summed E-state index contributed by atoms with van der Waals surface area (Å²) in [5.74, 6) is 0.00717. The van der Waals surface area contributed by atoms with Crippen LogP contribution < -0.4 is 4.90 Å². The highest BCUT2D eigenvalue weighted by atomic mass is 16.2. The van der Waals surface area contributed by atoms with Crippen LogP contribution in [-0.4, -0.2) is 41.7 Å². The summed E-state index contributed by atoms with van der Waals surface area (Å²) in [5, 5.41) is 4.73. The molecular weight excluding hydrogens is 348 g/mol. The number of nitrogens with zero attached hydrogens (tertiary/aromatic N) is 4. The lowest BCUT2D eigenvalue weighted by atomic mass is 10.1. The molecule has 1 aromatic heterocycles. The highest BCUT2D eigenvalue weighted by molar-refractivity contribution is 5.94. The molecule has 0 bridgehead atoms. The summed E-state index contributed by atoms with van der Waals surface area (Å²) in [5.41, 5.74) is 7.11. The Morgan fingerprint density at radius 2 is 1.61 bits per heavy atom. The first-order valence-corrected chi connectivity index (χ1v) is 9.43. The molecule has 0 unspecified atom stereocenters. The first-order chi connectivity index (χ1) is 13.3. The molecule has 0 aliphatic carbocycles. The third kappa shape index (κ3) is 3.79. The second kappa shape index (κ2) is 7.89. The Hall–Kier alpha value is -3.08. The number of benzene rings is 2. The number of rotatable bonds is 5. The van der Waals surface area contributed by atoms with Gasteiger partial charge < -0.3 is 9.80 Å². The van der Waals surface area contributed by atoms with Crippen LogP contribution in [0.1, 0.15) is 32.9 Å². The average Bonchev–Trinajstić information content (AvgIpc) is 2.96. The molecule has 0 fully saturated rings. The molecule has 5 heteroatoms. The second-order valence-corrected chi connectivity index (χ2v) is 7.45. The Morgan fingerprint density at radius 1 is 0.964 bits per heavy atom. The summed E-state index contributed by atoms with van der Waals surface area (Å²) in [6.07, 6.45) is 0. The van der Waals surface area contributed by atoms with Crippen LogP contribution in [0.2, 0.25) is 0 Å². The summed E-state index contributed by atoms with van der Waals surface area (Å²) in [6, 6.07) is 15.9. The van der Waals surface area contributed by atoms with Crippen molar-refractivity contribution in [3.63, 3.8) is 0 Å². The van der Waals surface area contributed by atoms with Crippen molar-refractivity contribution in [2.75, 3.05) is 26.0 Å². The minimum atomic E-state index is 0.00717. The lowest BCUT2D eigenvalue weighted by Crippen LogP contribution is -2.26. The van der Waals surface area contributed by atoms with Crippen LogP contribution in [0.3, 0.4) is 0 Å². The average molecular weight is 377 g/mol. The van der Waals surface area contributed by atoms with Gasteiger partial charge in [-0.3, -0.25) is 4.79 Å². The maximum Gasteiger partial charge on any atom is 0.253 e. The fourth-order valence-corrected chi connectivity index (χ4v) is 3.37. The fourth-order valence-electron chi connectivity index (χ4n) is 3.37. The first kappa shape index (κ1) is 19.7. The van der Waals surface area contributed by atoms with Gasteiger partial charge in [-0.05, 0) is 56.7 Å². The van der Waals surface area contributed by atoms with Crippen molar-refractivity contribution in [2.24, 2.45) is 0 Å². The van der Waals surface area contributed by atoms with Gasteiger partial charge in [0.1, 0.15) is 0 Å². The molecule has 5 nitrogen and oxygen atoms in total. The van der Waals surface area contributed by atoms with E-state index in [0.717, 1.165) is 28.3 Å². The minimum absolute atomic E-state index is 0.00717. The SMILES string of the molecule is Cc1ccccc1-n1nc(C)c(CN(C)C(=O)c2ccc(N(C)C)cc2)c1C. The molecule has 146 valence electrons. The van der Waals surface area contributed by atoms with Gasteiger partial charge >= 0.3 is 0 Å². The van der Waals surface area contributed by atoms with Crippen LogP contribution in [0.5, 0.6) is 0 Å². The van der Waals surface area contributed by atoms with Gasteiger partial charge in [0, 0.05) is 50.2 Å².